The molecule has 0 fully saturated rings. The van der Waals surface area contributed by atoms with E-state index in [0.29, 0.717) is 6.61 Å². The van der Waals surface area contributed by atoms with Gasteiger partial charge < -0.3 is 10.1 Å². The highest BCUT2D eigenvalue weighted by Gasteiger charge is 2.19. The minimum absolute atomic E-state index is 0.231. The summed E-state index contributed by atoms with van der Waals surface area (Å²) in [4.78, 5) is 11.6. The molecule has 1 rings (SSSR count). The zero-order chi connectivity index (χ0) is 11.3. The van der Waals surface area contributed by atoms with E-state index in [-0.39, 0.29) is 12.0 Å². The largest absolute Gasteiger partial charge is 0.465 e. The molecule has 0 saturated carbocycles. The van der Waals surface area contributed by atoms with Gasteiger partial charge in [0.25, 0.3) is 0 Å². The highest BCUT2D eigenvalue weighted by atomic mass is 16.5. The van der Waals surface area contributed by atoms with Crippen LogP contribution in [0.25, 0.3) is 0 Å². The fourth-order valence-electron chi connectivity index (χ4n) is 1.50. The molecule has 15 heavy (non-hydrogen) atoms. The molecular weight excluding hydrogens is 190 g/mol. The first-order valence-corrected chi connectivity index (χ1v) is 5.09. The Morgan fingerprint density at radius 3 is 2.80 bits per heavy atom. The average molecular weight is 207 g/mol. The van der Waals surface area contributed by atoms with E-state index in [1.54, 1.807) is 14.0 Å². The second-order valence-electron chi connectivity index (χ2n) is 3.39. The van der Waals surface area contributed by atoms with Crippen LogP contribution in [0.4, 0.5) is 0 Å². The van der Waals surface area contributed by atoms with Crippen LogP contribution in [-0.2, 0) is 9.53 Å². The summed E-state index contributed by atoms with van der Waals surface area (Å²) in [5, 5.41) is 2.96. The zero-order valence-electron chi connectivity index (χ0n) is 9.41. The molecule has 0 saturated heterocycles. The molecule has 0 radical (unpaired) electrons. The number of rotatable bonds is 4. The van der Waals surface area contributed by atoms with Crippen molar-refractivity contribution < 1.29 is 9.53 Å². The maximum absolute atomic E-state index is 11.6. The van der Waals surface area contributed by atoms with Crippen molar-refractivity contribution in [3.63, 3.8) is 0 Å². The Kier molecular flexibility index (Phi) is 4.31. The van der Waals surface area contributed by atoms with Crippen LogP contribution in [0.1, 0.15) is 24.1 Å². The standard InChI is InChI=1S/C12H17NO2/c1-4-15-12(14)11(13-3)10-7-5-6-9(2)8-10/h5-8,11,13H,4H2,1-3H3. The van der Waals surface area contributed by atoms with E-state index < -0.39 is 0 Å². The number of aryl methyl sites for hydroxylation is 1. The first-order valence-electron chi connectivity index (χ1n) is 5.09. The van der Waals surface area contributed by atoms with E-state index in [1.165, 1.54) is 0 Å². The van der Waals surface area contributed by atoms with Gasteiger partial charge in [0.1, 0.15) is 6.04 Å². The normalized spacial score (nSPS) is 12.2. The van der Waals surface area contributed by atoms with Gasteiger partial charge >= 0.3 is 5.97 Å². The van der Waals surface area contributed by atoms with Gasteiger partial charge in [0, 0.05) is 0 Å². The molecule has 1 atom stereocenters. The molecular formula is C12H17NO2. The van der Waals surface area contributed by atoms with E-state index in [9.17, 15) is 4.79 Å². The molecule has 0 aliphatic carbocycles. The molecule has 1 aromatic carbocycles. The van der Waals surface area contributed by atoms with Crippen molar-refractivity contribution in [1.29, 1.82) is 0 Å². The van der Waals surface area contributed by atoms with Gasteiger partial charge in [0.2, 0.25) is 0 Å². The first-order chi connectivity index (χ1) is 7.19. The quantitative estimate of drug-likeness (QED) is 0.765. The number of likely N-dealkylation sites (N-methyl/N-ethyl adjacent to an activating group) is 1. The lowest BCUT2D eigenvalue weighted by Crippen LogP contribution is -2.27. The van der Waals surface area contributed by atoms with Gasteiger partial charge in [-0.25, -0.2) is 4.79 Å². The Labute approximate surface area is 90.4 Å². The topological polar surface area (TPSA) is 38.3 Å². The SMILES string of the molecule is CCOC(=O)C(NC)c1cccc(C)c1. The molecule has 0 bridgehead atoms. The predicted octanol–water partition coefficient (Wildman–Crippen LogP) is 1.82. The third-order valence-electron chi connectivity index (χ3n) is 2.19. The van der Waals surface area contributed by atoms with Crippen molar-refractivity contribution in [2.45, 2.75) is 19.9 Å². The number of carbonyl (C=O) groups excluding carboxylic acids is 1. The third-order valence-corrected chi connectivity index (χ3v) is 2.19. The minimum atomic E-state index is -0.371. The van der Waals surface area contributed by atoms with Gasteiger partial charge in [-0.15, -0.1) is 0 Å². The molecule has 0 aromatic heterocycles. The van der Waals surface area contributed by atoms with Crippen molar-refractivity contribution in [2.75, 3.05) is 13.7 Å². The summed E-state index contributed by atoms with van der Waals surface area (Å²) in [6.07, 6.45) is 0. The van der Waals surface area contributed by atoms with Crippen LogP contribution in [-0.4, -0.2) is 19.6 Å². The van der Waals surface area contributed by atoms with Crippen LogP contribution in [0, 0.1) is 6.92 Å². The molecule has 3 nitrogen and oxygen atoms in total. The highest BCUT2D eigenvalue weighted by Crippen LogP contribution is 2.15. The summed E-state index contributed by atoms with van der Waals surface area (Å²) in [7, 11) is 1.75. The van der Waals surface area contributed by atoms with Crippen LogP contribution >= 0.6 is 0 Å². The van der Waals surface area contributed by atoms with E-state index >= 15 is 0 Å². The van der Waals surface area contributed by atoms with E-state index in [4.69, 9.17) is 4.74 Å². The number of benzene rings is 1. The number of carbonyl (C=O) groups is 1. The summed E-state index contributed by atoms with van der Waals surface area (Å²) in [6.45, 7) is 4.21. The first kappa shape index (κ1) is 11.7. The van der Waals surface area contributed by atoms with Crippen LogP contribution < -0.4 is 5.32 Å². The van der Waals surface area contributed by atoms with Gasteiger partial charge in [0.15, 0.2) is 0 Å². The minimum Gasteiger partial charge on any atom is -0.465 e. The van der Waals surface area contributed by atoms with Crippen molar-refractivity contribution in [3.8, 4) is 0 Å². The molecule has 0 spiro atoms. The van der Waals surface area contributed by atoms with Gasteiger partial charge in [-0.1, -0.05) is 29.8 Å². The van der Waals surface area contributed by atoms with Crippen LogP contribution in [0.3, 0.4) is 0 Å². The van der Waals surface area contributed by atoms with Crippen LogP contribution in [0.15, 0.2) is 24.3 Å². The molecule has 1 N–H and O–H groups in total. The van der Waals surface area contributed by atoms with E-state index in [2.05, 4.69) is 5.32 Å². The number of hydrogen-bond donors (Lipinski definition) is 1. The molecule has 0 amide bonds. The second kappa shape index (κ2) is 5.51. The highest BCUT2D eigenvalue weighted by molar-refractivity contribution is 5.77. The molecule has 0 aliphatic rings. The molecule has 1 aromatic rings. The summed E-state index contributed by atoms with van der Waals surface area (Å²) >= 11 is 0. The lowest BCUT2D eigenvalue weighted by atomic mass is 10.0. The smallest absolute Gasteiger partial charge is 0.327 e. The second-order valence-corrected chi connectivity index (χ2v) is 3.39. The lowest BCUT2D eigenvalue weighted by molar-refractivity contribution is -0.145. The number of esters is 1. The fraction of sp³-hybridized carbons (Fsp3) is 0.417. The van der Waals surface area contributed by atoms with Crippen molar-refractivity contribution in [2.24, 2.45) is 0 Å². The average Bonchev–Trinajstić information content (AvgIpc) is 2.19. The van der Waals surface area contributed by atoms with Crippen molar-refractivity contribution >= 4 is 5.97 Å². The van der Waals surface area contributed by atoms with E-state index in [1.807, 2.05) is 31.2 Å². The number of nitrogens with one attached hydrogen (secondary N) is 1. The van der Waals surface area contributed by atoms with Crippen LogP contribution in [0.2, 0.25) is 0 Å². The summed E-state index contributed by atoms with van der Waals surface area (Å²) in [5.74, 6) is -0.231. The van der Waals surface area contributed by atoms with Gasteiger partial charge in [-0.3, -0.25) is 0 Å². The summed E-state index contributed by atoms with van der Waals surface area (Å²) < 4.78 is 4.99. The molecule has 3 heteroatoms. The Bertz CT molecular complexity index is 336. The van der Waals surface area contributed by atoms with Crippen molar-refractivity contribution in [3.05, 3.63) is 35.4 Å². The predicted molar refractivity (Wildman–Crippen MR) is 59.6 cm³/mol. The Balaban J connectivity index is 2.87. The maximum Gasteiger partial charge on any atom is 0.327 e. The molecule has 0 heterocycles. The number of ether oxygens (including phenoxy) is 1. The van der Waals surface area contributed by atoms with E-state index in [0.717, 1.165) is 11.1 Å². The molecule has 0 aliphatic heterocycles. The van der Waals surface area contributed by atoms with Crippen molar-refractivity contribution in [1.82, 2.24) is 5.32 Å². The van der Waals surface area contributed by atoms with Gasteiger partial charge in [-0.2, -0.15) is 0 Å². The third kappa shape index (κ3) is 3.06. The Morgan fingerprint density at radius 2 is 2.27 bits per heavy atom. The summed E-state index contributed by atoms with van der Waals surface area (Å²) in [6, 6.07) is 7.48. The monoisotopic (exact) mass is 207 g/mol. The number of hydrogen-bond acceptors (Lipinski definition) is 3. The Hall–Kier alpha value is -1.35. The molecule has 82 valence electrons. The Morgan fingerprint density at radius 1 is 1.53 bits per heavy atom. The lowest BCUT2D eigenvalue weighted by Gasteiger charge is -2.15. The van der Waals surface area contributed by atoms with Crippen LogP contribution in [0.5, 0.6) is 0 Å². The maximum atomic E-state index is 11.6. The molecule has 1 unspecified atom stereocenters. The van der Waals surface area contributed by atoms with Gasteiger partial charge in [-0.05, 0) is 26.5 Å². The zero-order valence-corrected chi connectivity index (χ0v) is 9.41. The fourth-order valence-corrected chi connectivity index (χ4v) is 1.50. The van der Waals surface area contributed by atoms with Gasteiger partial charge in [0.05, 0.1) is 6.61 Å². The summed E-state index contributed by atoms with van der Waals surface area (Å²) in [5.41, 5.74) is 2.08.